The monoisotopic (exact) mass is 418 g/mol. The fraction of sp³-hybridized carbons (Fsp3) is 0.160. The summed E-state index contributed by atoms with van der Waals surface area (Å²) in [7, 11) is 0. The molecule has 3 aromatic carbocycles. The number of rotatable bonds is 5. The van der Waals surface area contributed by atoms with Crippen LogP contribution in [-0.4, -0.2) is 18.1 Å². The van der Waals surface area contributed by atoms with Crippen molar-refractivity contribution in [3.8, 4) is 5.75 Å². The van der Waals surface area contributed by atoms with Crippen molar-refractivity contribution in [1.29, 1.82) is 0 Å². The van der Waals surface area contributed by atoms with E-state index in [1.165, 1.54) is 24.4 Å². The molecule has 5 nitrogen and oxygen atoms in total. The van der Waals surface area contributed by atoms with Crippen LogP contribution in [0.5, 0.6) is 5.75 Å². The van der Waals surface area contributed by atoms with Gasteiger partial charge in [0.15, 0.2) is 0 Å². The van der Waals surface area contributed by atoms with Crippen LogP contribution in [-0.2, 0) is 5.41 Å². The van der Waals surface area contributed by atoms with Crippen LogP contribution in [0.15, 0.2) is 77.9 Å². The smallest absolute Gasteiger partial charge is 0.346 e. The zero-order valence-corrected chi connectivity index (χ0v) is 17.6. The highest BCUT2D eigenvalue weighted by molar-refractivity contribution is 5.95. The second-order valence-electron chi connectivity index (χ2n) is 7.96. The van der Waals surface area contributed by atoms with Crippen LogP contribution in [0.1, 0.15) is 52.6 Å². The Labute approximate surface area is 180 Å². The van der Waals surface area contributed by atoms with Gasteiger partial charge in [0.1, 0.15) is 11.6 Å². The number of esters is 1. The van der Waals surface area contributed by atoms with Gasteiger partial charge in [-0.25, -0.2) is 14.6 Å². The molecule has 3 aromatic rings. The van der Waals surface area contributed by atoms with E-state index in [2.05, 4.69) is 31.3 Å². The molecule has 0 aromatic heterocycles. The number of nitrogens with zero attached hydrogens (tertiary/aromatic N) is 1. The molecule has 31 heavy (non-hydrogen) atoms. The van der Waals surface area contributed by atoms with Crippen molar-refractivity contribution < 1.29 is 18.7 Å². The molecule has 0 unspecified atom stereocenters. The van der Waals surface area contributed by atoms with Gasteiger partial charge in [-0.2, -0.15) is 5.10 Å². The van der Waals surface area contributed by atoms with E-state index in [-0.39, 0.29) is 22.6 Å². The largest absolute Gasteiger partial charge is 0.423 e. The molecule has 0 aliphatic heterocycles. The number of hydrogen-bond acceptors (Lipinski definition) is 4. The third-order valence-corrected chi connectivity index (χ3v) is 4.58. The molecule has 1 amide bonds. The highest BCUT2D eigenvalue weighted by atomic mass is 19.1. The maximum Gasteiger partial charge on any atom is 0.346 e. The number of carbonyl (C=O) groups is 2. The highest BCUT2D eigenvalue weighted by Crippen LogP contribution is 2.22. The summed E-state index contributed by atoms with van der Waals surface area (Å²) in [6.45, 7) is 6.33. The van der Waals surface area contributed by atoms with Gasteiger partial charge in [-0.05, 0) is 65.1 Å². The van der Waals surface area contributed by atoms with Crippen LogP contribution < -0.4 is 10.2 Å². The van der Waals surface area contributed by atoms with Gasteiger partial charge in [-0.1, -0.05) is 45.0 Å². The molecular formula is C25H23FN2O3. The third kappa shape index (κ3) is 5.85. The average molecular weight is 418 g/mol. The summed E-state index contributed by atoms with van der Waals surface area (Å²) in [5.41, 5.74) is 4.71. The number of carbonyl (C=O) groups excluding carboxylic acids is 2. The van der Waals surface area contributed by atoms with Crippen molar-refractivity contribution in [1.82, 2.24) is 5.43 Å². The average Bonchev–Trinajstić information content (AvgIpc) is 2.74. The van der Waals surface area contributed by atoms with E-state index >= 15 is 0 Å². The Morgan fingerprint density at radius 1 is 0.935 bits per heavy atom. The summed E-state index contributed by atoms with van der Waals surface area (Å²) >= 11 is 0. The quantitative estimate of drug-likeness (QED) is 0.271. The molecule has 1 N–H and O–H groups in total. The SMILES string of the molecule is CC(C)(C)c1ccc(C(=O)N/N=C/c2ccc(OC(=O)c3ccccc3F)cc2)cc1. The first-order chi connectivity index (χ1) is 14.7. The fourth-order valence-corrected chi connectivity index (χ4v) is 2.76. The first-order valence-electron chi connectivity index (χ1n) is 9.75. The van der Waals surface area contributed by atoms with E-state index < -0.39 is 11.8 Å². The van der Waals surface area contributed by atoms with Crippen LogP contribution in [0.3, 0.4) is 0 Å². The van der Waals surface area contributed by atoms with Gasteiger partial charge in [-0.15, -0.1) is 0 Å². The van der Waals surface area contributed by atoms with Crippen molar-refractivity contribution in [2.45, 2.75) is 26.2 Å². The summed E-state index contributed by atoms with van der Waals surface area (Å²) in [4.78, 5) is 24.3. The molecule has 0 saturated carbocycles. The second kappa shape index (κ2) is 9.34. The predicted octanol–water partition coefficient (Wildman–Crippen LogP) is 5.11. The van der Waals surface area contributed by atoms with Gasteiger partial charge in [0, 0.05) is 5.56 Å². The van der Waals surface area contributed by atoms with Crippen LogP contribution >= 0.6 is 0 Å². The van der Waals surface area contributed by atoms with Crippen molar-refractivity contribution >= 4 is 18.1 Å². The van der Waals surface area contributed by atoms with E-state index in [1.54, 1.807) is 42.5 Å². The van der Waals surface area contributed by atoms with Crippen LogP contribution in [0.25, 0.3) is 0 Å². The molecule has 0 atom stereocenters. The second-order valence-corrected chi connectivity index (χ2v) is 7.96. The first-order valence-corrected chi connectivity index (χ1v) is 9.75. The lowest BCUT2D eigenvalue weighted by Gasteiger charge is -2.18. The molecule has 3 rings (SSSR count). The first kappa shape index (κ1) is 21.9. The van der Waals surface area contributed by atoms with Gasteiger partial charge in [0.05, 0.1) is 11.8 Å². The molecule has 158 valence electrons. The highest BCUT2D eigenvalue weighted by Gasteiger charge is 2.14. The Balaban J connectivity index is 1.56. The summed E-state index contributed by atoms with van der Waals surface area (Å²) in [6, 6.07) is 19.5. The van der Waals surface area contributed by atoms with Gasteiger partial charge >= 0.3 is 5.97 Å². The molecular weight excluding hydrogens is 395 g/mol. The molecule has 0 bridgehead atoms. The summed E-state index contributed by atoms with van der Waals surface area (Å²) in [5, 5.41) is 3.96. The predicted molar refractivity (Wildman–Crippen MR) is 118 cm³/mol. The van der Waals surface area contributed by atoms with Gasteiger partial charge in [0.25, 0.3) is 5.91 Å². The minimum Gasteiger partial charge on any atom is -0.423 e. The number of halogens is 1. The Bertz CT molecular complexity index is 1100. The molecule has 0 aliphatic rings. The molecule has 0 saturated heterocycles. The number of hydrazone groups is 1. The standard InChI is InChI=1S/C25H23FN2O3/c1-25(2,3)19-12-10-18(11-13-19)23(29)28-27-16-17-8-14-20(15-9-17)31-24(30)21-6-4-5-7-22(21)26/h4-16H,1-3H3,(H,28,29)/b27-16+. The lowest BCUT2D eigenvalue weighted by molar-refractivity contribution is 0.0729. The van der Waals surface area contributed by atoms with Crippen molar-refractivity contribution in [3.05, 3.63) is 101 Å². The molecule has 0 heterocycles. The zero-order chi connectivity index (χ0) is 22.4. The van der Waals surface area contributed by atoms with Crippen LogP contribution in [0.4, 0.5) is 4.39 Å². The minimum atomic E-state index is -0.774. The van der Waals surface area contributed by atoms with Crippen molar-refractivity contribution in [2.24, 2.45) is 5.10 Å². The van der Waals surface area contributed by atoms with Crippen molar-refractivity contribution in [2.75, 3.05) is 0 Å². The molecule has 0 aliphatic carbocycles. The van der Waals surface area contributed by atoms with Crippen LogP contribution in [0.2, 0.25) is 0 Å². The van der Waals surface area contributed by atoms with Gasteiger partial charge < -0.3 is 4.74 Å². The van der Waals surface area contributed by atoms with E-state index in [0.29, 0.717) is 11.1 Å². The van der Waals surface area contributed by atoms with E-state index in [1.807, 2.05) is 12.1 Å². The summed E-state index contributed by atoms with van der Waals surface area (Å²) < 4.78 is 18.8. The summed E-state index contributed by atoms with van der Waals surface area (Å²) in [6.07, 6.45) is 1.48. The van der Waals surface area contributed by atoms with E-state index in [9.17, 15) is 14.0 Å². The van der Waals surface area contributed by atoms with Gasteiger partial charge in [0.2, 0.25) is 0 Å². The number of nitrogens with one attached hydrogen (secondary N) is 1. The number of ether oxygens (including phenoxy) is 1. The molecule has 0 fully saturated rings. The lowest BCUT2D eigenvalue weighted by atomic mass is 9.87. The maximum absolute atomic E-state index is 13.7. The zero-order valence-electron chi connectivity index (χ0n) is 17.6. The molecule has 6 heteroatoms. The van der Waals surface area contributed by atoms with Crippen LogP contribution in [0, 0.1) is 5.82 Å². The Hall–Kier alpha value is -3.80. The topological polar surface area (TPSA) is 67.8 Å². The fourth-order valence-electron chi connectivity index (χ4n) is 2.76. The number of hydrogen-bond donors (Lipinski definition) is 1. The maximum atomic E-state index is 13.7. The Kier molecular flexibility index (Phi) is 6.60. The minimum absolute atomic E-state index is 0.0168. The Morgan fingerprint density at radius 2 is 1.58 bits per heavy atom. The third-order valence-electron chi connectivity index (χ3n) is 4.58. The summed E-state index contributed by atoms with van der Waals surface area (Å²) in [5.74, 6) is -1.45. The van der Waals surface area contributed by atoms with E-state index in [4.69, 9.17) is 4.74 Å². The number of benzene rings is 3. The van der Waals surface area contributed by atoms with Gasteiger partial charge in [-0.3, -0.25) is 4.79 Å². The van der Waals surface area contributed by atoms with Crippen molar-refractivity contribution in [3.63, 3.8) is 0 Å². The number of amides is 1. The normalized spacial score (nSPS) is 11.4. The lowest BCUT2D eigenvalue weighted by Crippen LogP contribution is -2.18. The molecule has 0 spiro atoms. The Morgan fingerprint density at radius 3 is 2.19 bits per heavy atom. The molecule has 0 radical (unpaired) electrons. The van der Waals surface area contributed by atoms with E-state index in [0.717, 1.165) is 5.56 Å².